The summed E-state index contributed by atoms with van der Waals surface area (Å²) in [7, 11) is 0. The minimum absolute atomic E-state index is 0.0634. The summed E-state index contributed by atoms with van der Waals surface area (Å²) in [5.41, 5.74) is 5.63. The zero-order valence-corrected chi connectivity index (χ0v) is 13.0. The van der Waals surface area contributed by atoms with E-state index in [2.05, 4.69) is 10.2 Å². The predicted octanol–water partition coefficient (Wildman–Crippen LogP) is 0.668. The van der Waals surface area contributed by atoms with Crippen LogP contribution in [0.5, 0.6) is 0 Å². The Kier molecular flexibility index (Phi) is 5.74. The number of fused-ring (bicyclic) bond motifs is 1. The quantitative estimate of drug-likeness (QED) is 0.706. The fourth-order valence-corrected chi connectivity index (χ4v) is 3.26. The molecule has 1 amide bonds. The molecule has 0 saturated carbocycles. The summed E-state index contributed by atoms with van der Waals surface area (Å²) in [5.74, 6) is -0.412. The van der Waals surface area contributed by atoms with E-state index < -0.39 is 0 Å². The van der Waals surface area contributed by atoms with Gasteiger partial charge < -0.3 is 15.8 Å². The van der Waals surface area contributed by atoms with Crippen molar-refractivity contribution in [1.82, 2.24) is 10.2 Å². The maximum Gasteiger partial charge on any atom is 0.230 e. The van der Waals surface area contributed by atoms with Gasteiger partial charge in [-0.15, -0.1) is 0 Å². The smallest absolute Gasteiger partial charge is 0.230 e. The number of nitrogens with two attached hydrogens (primary N) is 1. The van der Waals surface area contributed by atoms with Crippen LogP contribution in [-0.4, -0.2) is 54.2 Å². The van der Waals surface area contributed by atoms with Gasteiger partial charge in [-0.2, -0.15) is 0 Å². The second kappa shape index (κ2) is 7.33. The average molecular weight is 299 g/mol. The minimum atomic E-state index is -0.349. The zero-order valence-electron chi connectivity index (χ0n) is 12.1. The van der Waals surface area contributed by atoms with Crippen LogP contribution in [0.2, 0.25) is 0 Å². The van der Waals surface area contributed by atoms with E-state index in [0.717, 1.165) is 26.1 Å². The minimum Gasteiger partial charge on any atom is -0.393 e. The molecule has 0 aliphatic carbocycles. The molecule has 6 heteroatoms. The van der Waals surface area contributed by atoms with Gasteiger partial charge in [-0.3, -0.25) is 9.69 Å². The summed E-state index contributed by atoms with van der Waals surface area (Å²) in [4.78, 5) is 14.9. The Morgan fingerprint density at radius 3 is 3.10 bits per heavy atom. The molecule has 20 heavy (non-hydrogen) atoms. The van der Waals surface area contributed by atoms with E-state index in [4.69, 9.17) is 22.7 Å². The standard InChI is InChI=1S/C14H25N3O2S/c1-2-4-12(13(15)20)14(18)16-7-11-8-17-6-3-5-10(17)9-19-11/h10-12H,2-9H2,1H3,(H2,15,20)(H,16,18). The van der Waals surface area contributed by atoms with E-state index in [9.17, 15) is 4.79 Å². The fraction of sp³-hybridized carbons (Fsp3) is 0.857. The van der Waals surface area contributed by atoms with Gasteiger partial charge >= 0.3 is 0 Å². The summed E-state index contributed by atoms with van der Waals surface area (Å²) in [6.45, 7) is 5.43. The fourth-order valence-electron chi connectivity index (χ4n) is 3.04. The van der Waals surface area contributed by atoms with Gasteiger partial charge in [0.1, 0.15) is 0 Å². The molecule has 0 aromatic rings. The molecule has 2 saturated heterocycles. The number of hydrogen-bond donors (Lipinski definition) is 2. The Morgan fingerprint density at radius 1 is 1.60 bits per heavy atom. The number of carbonyl (C=O) groups is 1. The van der Waals surface area contributed by atoms with Crippen LogP contribution in [0.25, 0.3) is 0 Å². The van der Waals surface area contributed by atoms with Gasteiger partial charge in [0.15, 0.2) is 0 Å². The van der Waals surface area contributed by atoms with Crippen molar-refractivity contribution in [2.24, 2.45) is 11.7 Å². The van der Waals surface area contributed by atoms with Crippen molar-refractivity contribution in [2.45, 2.75) is 44.8 Å². The Bertz CT molecular complexity index is 364. The first kappa shape index (κ1) is 15.7. The summed E-state index contributed by atoms with van der Waals surface area (Å²) in [5, 5.41) is 2.94. The van der Waals surface area contributed by atoms with E-state index in [-0.39, 0.29) is 22.9 Å². The van der Waals surface area contributed by atoms with E-state index >= 15 is 0 Å². The first-order valence-electron chi connectivity index (χ1n) is 7.54. The highest BCUT2D eigenvalue weighted by atomic mass is 32.1. The van der Waals surface area contributed by atoms with Crippen molar-refractivity contribution in [3.8, 4) is 0 Å². The molecule has 3 atom stereocenters. The van der Waals surface area contributed by atoms with E-state index in [1.54, 1.807) is 0 Å². The molecular formula is C14H25N3O2S. The van der Waals surface area contributed by atoms with Gasteiger partial charge in [0, 0.05) is 19.1 Å². The van der Waals surface area contributed by atoms with Crippen LogP contribution in [0.4, 0.5) is 0 Å². The van der Waals surface area contributed by atoms with Crippen LogP contribution in [-0.2, 0) is 9.53 Å². The highest BCUT2D eigenvalue weighted by Crippen LogP contribution is 2.22. The number of carbonyl (C=O) groups excluding carboxylic acids is 1. The Hall–Kier alpha value is -0.720. The molecule has 3 unspecified atom stereocenters. The third kappa shape index (κ3) is 3.90. The van der Waals surface area contributed by atoms with Gasteiger partial charge in [0.25, 0.3) is 0 Å². The molecule has 2 aliphatic heterocycles. The summed E-state index contributed by atoms with van der Waals surface area (Å²) >= 11 is 4.97. The van der Waals surface area contributed by atoms with Crippen LogP contribution < -0.4 is 11.1 Å². The zero-order chi connectivity index (χ0) is 14.5. The van der Waals surface area contributed by atoms with Crippen LogP contribution >= 0.6 is 12.2 Å². The van der Waals surface area contributed by atoms with Crippen molar-refractivity contribution >= 4 is 23.1 Å². The van der Waals surface area contributed by atoms with Crippen molar-refractivity contribution < 1.29 is 9.53 Å². The van der Waals surface area contributed by atoms with E-state index in [0.29, 0.717) is 19.0 Å². The molecule has 0 aromatic heterocycles. The number of amides is 1. The van der Waals surface area contributed by atoms with Gasteiger partial charge in [-0.05, 0) is 25.8 Å². The molecule has 114 valence electrons. The topological polar surface area (TPSA) is 67.6 Å². The number of thiocarbonyl (C=S) groups is 1. The monoisotopic (exact) mass is 299 g/mol. The lowest BCUT2D eigenvalue weighted by Crippen LogP contribution is -2.51. The largest absolute Gasteiger partial charge is 0.393 e. The second-order valence-electron chi connectivity index (χ2n) is 5.74. The molecule has 0 spiro atoms. The van der Waals surface area contributed by atoms with Gasteiger partial charge in [0.05, 0.1) is 23.6 Å². The van der Waals surface area contributed by atoms with Crippen molar-refractivity contribution in [3.63, 3.8) is 0 Å². The third-order valence-electron chi connectivity index (χ3n) is 4.20. The van der Waals surface area contributed by atoms with Gasteiger partial charge in [-0.25, -0.2) is 0 Å². The maximum atomic E-state index is 12.1. The number of nitrogens with one attached hydrogen (secondary N) is 1. The van der Waals surface area contributed by atoms with Crippen molar-refractivity contribution in [1.29, 1.82) is 0 Å². The summed E-state index contributed by atoms with van der Waals surface area (Å²) in [6, 6.07) is 0.589. The van der Waals surface area contributed by atoms with E-state index in [1.807, 2.05) is 6.92 Å². The molecule has 5 nitrogen and oxygen atoms in total. The Balaban J connectivity index is 1.76. The van der Waals surface area contributed by atoms with Crippen LogP contribution in [0.15, 0.2) is 0 Å². The van der Waals surface area contributed by atoms with Crippen LogP contribution in [0.3, 0.4) is 0 Å². The second-order valence-corrected chi connectivity index (χ2v) is 6.21. The third-order valence-corrected chi connectivity index (χ3v) is 4.49. The van der Waals surface area contributed by atoms with Crippen LogP contribution in [0, 0.1) is 5.92 Å². The number of ether oxygens (including phenoxy) is 1. The highest BCUT2D eigenvalue weighted by molar-refractivity contribution is 7.80. The van der Waals surface area contributed by atoms with E-state index in [1.165, 1.54) is 12.8 Å². The predicted molar refractivity (Wildman–Crippen MR) is 82.5 cm³/mol. The Labute approximate surface area is 126 Å². The molecule has 0 radical (unpaired) electrons. The van der Waals surface area contributed by atoms with Crippen molar-refractivity contribution in [3.05, 3.63) is 0 Å². The number of rotatable bonds is 6. The summed E-state index contributed by atoms with van der Waals surface area (Å²) < 4.78 is 5.82. The number of nitrogens with zero attached hydrogens (tertiary/aromatic N) is 1. The van der Waals surface area contributed by atoms with Crippen LogP contribution in [0.1, 0.15) is 32.6 Å². The molecule has 2 heterocycles. The molecule has 2 rings (SSSR count). The molecule has 2 fully saturated rings. The highest BCUT2D eigenvalue weighted by Gasteiger charge is 2.32. The number of morpholine rings is 1. The Morgan fingerprint density at radius 2 is 2.40 bits per heavy atom. The summed E-state index contributed by atoms with van der Waals surface area (Å²) in [6.07, 6.45) is 4.18. The SMILES string of the molecule is CCCC(C(=O)NCC1CN2CCCC2CO1)C(N)=S. The first-order valence-corrected chi connectivity index (χ1v) is 7.95. The molecule has 2 aliphatic rings. The van der Waals surface area contributed by atoms with Crippen molar-refractivity contribution in [2.75, 3.05) is 26.2 Å². The first-order chi connectivity index (χ1) is 9.61. The molecule has 0 bridgehead atoms. The van der Waals surface area contributed by atoms with Gasteiger partial charge in [0.2, 0.25) is 5.91 Å². The maximum absolute atomic E-state index is 12.1. The number of hydrogen-bond acceptors (Lipinski definition) is 4. The lowest BCUT2D eigenvalue weighted by Gasteiger charge is -2.35. The molecule has 0 aromatic carbocycles. The average Bonchev–Trinajstić information content (AvgIpc) is 2.89. The lowest BCUT2D eigenvalue weighted by atomic mass is 10.0. The molecule has 3 N–H and O–H groups in total. The molecular weight excluding hydrogens is 274 g/mol. The lowest BCUT2D eigenvalue weighted by molar-refractivity contribution is -0.124. The van der Waals surface area contributed by atoms with Gasteiger partial charge in [-0.1, -0.05) is 25.6 Å². The normalized spacial score (nSPS) is 27.9.